The number of rotatable bonds is 5. The average Bonchev–Trinajstić information content (AvgIpc) is 3.14. The lowest BCUT2D eigenvalue weighted by Gasteiger charge is -2.36. The fourth-order valence-electron chi connectivity index (χ4n) is 3.53. The molecule has 1 saturated heterocycles. The van der Waals surface area contributed by atoms with Crippen molar-refractivity contribution in [3.05, 3.63) is 64.6 Å². The Bertz CT molecular complexity index is 961. The van der Waals surface area contributed by atoms with Gasteiger partial charge in [0.2, 0.25) is 0 Å². The zero-order valence-corrected chi connectivity index (χ0v) is 18.3. The summed E-state index contributed by atoms with van der Waals surface area (Å²) in [5, 5.41) is 0.807. The summed E-state index contributed by atoms with van der Waals surface area (Å²) >= 11 is 1.47. The van der Waals surface area contributed by atoms with Crippen molar-refractivity contribution in [2.45, 2.75) is 20.3 Å². The van der Waals surface area contributed by atoms with Crippen molar-refractivity contribution in [1.29, 1.82) is 0 Å². The van der Waals surface area contributed by atoms with Gasteiger partial charge in [-0.1, -0.05) is 42.8 Å². The van der Waals surface area contributed by atoms with Crippen molar-refractivity contribution in [3.8, 4) is 5.75 Å². The highest BCUT2D eigenvalue weighted by Gasteiger charge is 2.28. The van der Waals surface area contributed by atoms with Gasteiger partial charge in [0.25, 0.3) is 5.91 Å². The smallest absolute Gasteiger partial charge is 0.286 e. The molecule has 0 atom stereocenters. The maximum absolute atomic E-state index is 12.5. The highest BCUT2D eigenvalue weighted by Crippen LogP contribution is 2.33. The van der Waals surface area contributed by atoms with Crippen LogP contribution in [0.5, 0.6) is 5.75 Å². The van der Waals surface area contributed by atoms with Crippen LogP contribution in [0.1, 0.15) is 24.5 Å². The van der Waals surface area contributed by atoms with Crippen LogP contribution in [0.2, 0.25) is 0 Å². The number of aliphatic imine (C=N–C) groups is 1. The van der Waals surface area contributed by atoms with Crippen LogP contribution in [-0.4, -0.2) is 48.8 Å². The number of para-hydroxylation sites is 1. The topological polar surface area (TPSA) is 45.1 Å². The molecule has 0 unspecified atom stereocenters. The largest absolute Gasteiger partial charge is 0.493 e. The minimum absolute atomic E-state index is 0.166. The van der Waals surface area contributed by atoms with Gasteiger partial charge in [-0.15, -0.1) is 0 Å². The van der Waals surface area contributed by atoms with E-state index in [0.717, 1.165) is 49.1 Å². The predicted molar refractivity (Wildman–Crippen MR) is 125 cm³/mol. The van der Waals surface area contributed by atoms with E-state index in [2.05, 4.69) is 52.9 Å². The number of amides is 1. The summed E-state index contributed by atoms with van der Waals surface area (Å²) in [5.74, 6) is 0.640. The molecule has 2 aliphatic rings. The molecule has 5 nitrogen and oxygen atoms in total. The third-order valence-electron chi connectivity index (χ3n) is 5.23. The van der Waals surface area contributed by atoms with Crippen molar-refractivity contribution in [2.75, 3.05) is 37.7 Å². The Balaban J connectivity index is 1.40. The van der Waals surface area contributed by atoms with Crippen LogP contribution < -0.4 is 9.64 Å². The Hall–Kier alpha value is -2.73. The molecular formula is C24H27N3O2S. The Kier molecular flexibility index (Phi) is 6.43. The molecule has 6 heteroatoms. The highest BCUT2D eigenvalue weighted by atomic mass is 32.2. The lowest BCUT2D eigenvalue weighted by Crippen LogP contribution is -2.47. The molecule has 0 radical (unpaired) electrons. The lowest BCUT2D eigenvalue weighted by molar-refractivity contribution is -0.113. The third-order valence-corrected chi connectivity index (χ3v) is 6.27. The molecule has 0 saturated carbocycles. The molecule has 2 aromatic rings. The van der Waals surface area contributed by atoms with Gasteiger partial charge in [-0.05, 0) is 49.4 Å². The second-order valence-corrected chi connectivity index (χ2v) is 8.52. The number of nitrogens with zero attached hydrogens (tertiary/aromatic N) is 3. The molecule has 0 spiro atoms. The van der Waals surface area contributed by atoms with E-state index in [9.17, 15) is 4.79 Å². The van der Waals surface area contributed by atoms with Crippen molar-refractivity contribution in [3.63, 3.8) is 0 Å². The van der Waals surface area contributed by atoms with Gasteiger partial charge in [0, 0.05) is 37.4 Å². The van der Waals surface area contributed by atoms with Gasteiger partial charge >= 0.3 is 0 Å². The molecule has 0 aliphatic carbocycles. The van der Waals surface area contributed by atoms with Gasteiger partial charge in [0.1, 0.15) is 5.75 Å². The number of benzene rings is 2. The fourth-order valence-corrected chi connectivity index (χ4v) is 4.49. The highest BCUT2D eigenvalue weighted by molar-refractivity contribution is 8.18. The molecule has 1 fully saturated rings. The van der Waals surface area contributed by atoms with Crippen LogP contribution in [0.4, 0.5) is 5.69 Å². The van der Waals surface area contributed by atoms with E-state index in [-0.39, 0.29) is 5.91 Å². The van der Waals surface area contributed by atoms with Crippen molar-refractivity contribution < 1.29 is 9.53 Å². The second kappa shape index (κ2) is 9.39. The maximum Gasteiger partial charge on any atom is 0.286 e. The van der Waals surface area contributed by atoms with E-state index < -0.39 is 0 Å². The fraction of sp³-hybridized carbons (Fsp3) is 0.333. The average molecular weight is 422 g/mol. The summed E-state index contributed by atoms with van der Waals surface area (Å²) in [7, 11) is 0. The SMILES string of the molecule is CCCOc1ccccc1/C=C1/SC(N2CCN(c3ccc(C)cc3)CC2)=NC1=O. The van der Waals surface area contributed by atoms with Gasteiger partial charge < -0.3 is 14.5 Å². The minimum Gasteiger partial charge on any atom is -0.493 e. The van der Waals surface area contributed by atoms with E-state index in [1.165, 1.54) is 23.0 Å². The summed E-state index contributed by atoms with van der Waals surface area (Å²) in [6.45, 7) is 8.40. The van der Waals surface area contributed by atoms with E-state index in [1.807, 2.05) is 30.3 Å². The molecular weight excluding hydrogens is 394 g/mol. The lowest BCUT2D eigenvalue weighted by atomic mass is 10.2. The Labute approximate surface area is 182 Å². The van der Waals surface area contributed by atoms with Crippen molar-refractivity contribution >= 4 is 34.6 Å². The zero-order valence-electron chi connectivity index (χ0n) is 17.5. The number of aryl methyl sites for hydroxylation is 1. The van der Waals surface area contributed by atoms with Crippen LogP contribution in [0.3, 0.4) is 0 Å². The molecule has 2 aliphatic heterocycles. The number of thioether (sulfide) groups is 1. The first-order chi connectivity index (χ1) is 14.6. The molecule has 4 rings (SSSR count). The second-order valence-electron chi connectivity index (χ2n) is 7.51. The first-order valence-corrected chi connectivity index (χ1v) is 11.3. The number of piperazine rings is 1. The van der Waals surface area contributed by atoms with Crippen molar-refractivity contribution in [2.24, 2.45) is 4.99 Å². The molecule has 2 heterocycles. The van der Waals surface area contributed by atoms with Gasteiger partial charge in [-0.3, -0.25) is 4.79 Å². The Morgan fingerprint density at radius 3 is 2.47 bits per heavy atom. The number of hydrogen-bond donors (Lipinski definition) is 0. The van der Waals surface area contributed by atoms with E-state index >= 15 is 0 Å². The summed E-state index contributed by atoms with van der Waals surface area (Å²) in [6.07, 6.45) is 2.84. The van der Waals surface area contributed by atoms with Crippen LogP contribution in [0.15, 0.2) is 58.4 Å². The molecule has 0 bridgehead atoms. The third kappa shape index (κ3) is 4.70. The van der Waals surface area contributed by atoms with Crippen LogP contribution in [0.25, 0.3) is 6.08 Å². The summed E-state index contributed by atoms with van der Waals surface area (Å²) in [5.41, 5.74) is 3.44. The summed E-state index contributed by atoms with van der Waals surface area (Å²) < 4.78 is 5.82. The normalized spacial score (nSPS) is 18.1. The maximum atomic E-state index is 12.5. The monoisotopic (exact) mass is 421 g/mol. The number of anilines is 1. The van der Waals surface area contributed by atoms with E-state index in [0.29, 0.717) is 11.5 Å². The Morgan fingerprint density at radius 1 is 1.03 bits per heavy atom. The molecule has 0 N–H and O–H groups in total. The van der Waals surface area contributed by atoms with E-state index in [1.54, 1.807) is 0 Å². The van der Waals surface area contributed by atoms with Crippen LogP contribution in [-0.2, 0) is 4.79 Å². The molecule has 2 aromatic carbocycles. The first-order valence-electron chi connectivity index (χ1n) is 10.4. The van der Waals surface area contributed by atoms with Crippen LogP contribution >= 0.6 is 11.8 Å². The zero-order chi connectivity index (χ0) is 20.9. The molecule has 1 amide bonds. The minimum atomic E-state index is -0.166. The van der Waals surface area contributed by atoms with Crippen molar-refractivity contribution in [1.82, 2.24) is 4.90 Å². The predicted octanol–water partition coefficient (Wildman–Crippen LogP) is 4.58. The van der Waals surface area contributed by atoms with Gasteiger partial charge in [0.15, 0.2) is 5.17 Å². The number of amidine groups is 1. The number of ether oxygens (including phenoxy) is 1. The van der Waals surface area contributed by atoms with Gasteiger partial charge in [-0.25, -0.2) is 0 Å². The van der Waals surface area contributed by atoms with Gasteiger partial charge in [0.05, 0.1) is 11.5 Å². The first kappa shape index (κ1) is 20.5. The van der Waals surface area contributed by atoms with Crippen LogP contribution in [0, 0.1) is 6.92 Å². The Morgan fingerprint density at radius 2 is 1.73 bits per heavy atom. The summed E-state index contributed by atoms with van der Waals surface area (Å²) in [4.78, 5) is 22.1. The molecule has 156 valence electrons. The van der Waals surface area contributed by atoms with Gasteiger partial charge in [-0.2, -0.15) is 4.99 Å². The quantitative estimate of drug-likeness (QED) is 0.662. The molecule has 30 heavy (non-hydrogen) atoms. The number of carbonyl (C=O) groups is 1. The standard InChI is InChI=1S/C24H27N3O2S/c1-3-16-29-21-7-5-4-6-19(21)17-22-23(28)25-24(30-22)27-14-12-26(13-15-27)20-10-8-18(2)9-11-20/h4-11,17H,3,12-16H2,1-2H3/b22-17+. The van der Waals surface area contributed by atoms with E-state index in [4.69, 9.17) is 4.74 Å². The summed E-state index contributed by atoms with van der Waals surface area (Å²) in [6, 6.07) is 16.5. The number of hydrogen-bond acceptors (Lipinski definition) is 5. The number of carbonyl (C=O) groups excluding carboxylic acids is 1. The molecule has 0 aromatic heterocycles.